The average Bonchev–Trinajstić information content (AvgIpc) is 2.37. The van der Waals surface area contributed by atoms with Crippen molar-refractivity contribution in [2.75, 3.05) is 13.6 Å². The molecule has 0 saturated heterocycles. The molecule has 0 aromatic heterocycles. The Morgan fingerprint density at radius 3 is 2.53 bits per heavy atom. The van der Waals surface area contributed by atoms with Gasteiger partial charge in [0.1, 0.15) is 6.10 Å². The van der Waals surface area contributed by atoms with Crippen LogP contribution in [0.25, 0.3) is 0 Å². The Kier molecular flexibility index (Phi) is 6.52. The number of likely N-dealkylation sites (N-methyl/N-ethyl adjacent to an activating group) is 1. The lowest BCUT2D eigenvalue weighted by Gasteiger charge is -2.30. The first kappa shape index (κ1) is 14.5. The van der Waals surface area contributed by atoms with Crippen molar-refractivity contribution in [2.24, 2.45) is 0 Å². The maximum Gasteiger partial charge on any atom is 0.248 e. The van der Waals surface area contributed by atoms with Crippen LogP contribution in [0.5, 0.6) is 0 Å². The van der Waals surface area contributed by atoms with Crippen LogP contribution in [0, 0.1) is 0 Å². The second-order valence-corrected chi connectivity index (χ2v) is 4.82. The first-order valence-corrected chi connectivity index (χ1v) is 6.77. The number of hydrogen-bond donors (Lipinski definition) is 2. The minimum atomic E-state index is -0.329. The highest BCUT2D eigenvalue weighted by molar-refractivity contribution is 5.79. The highest BCUT2D eigenvalue weighted by Crippen LogP contribution is 2.22. The van der Waals surface area contributed by atoms with Gasteiger partial charge in [-0.3, -0.25) is 4.79 Å². The fourth-order valence-electron chi connectivity index (χ4n) is 2.31. The van der Waals surface area contributed by atoms with Gasteiger partial charge in [0, 0.05) is 13.1 Å². The molecular weight excluding hydrogens is 216 g/mol. The van der Waals surface area contributed by atoms with Crippen LogP contribution in [0.3, 0.4) is 0 Å². The van der Waals surface area contributed by atoms with Crippen molar-refractivity contribution in [1.29, 1.82) is 0 Å². The van der Waals surface area contributed by atoms with Gasteiger partial charge in [-0.2, -0.15) is 0 Å². The Balaban J connectivity index is 2.20. The zero-order chi connectivity index (χ0) is 12.7. The predicted molar refractivity (Wildman–Crippen MR) is 69.0 cm³/mol. The van der Waals surface area contributed by atoms with Gasteiger partial charge in [-0.1, -0.05) is 6.92 Å². The highest BCUT2D eigenvalue weighted by atomic mass is 16.5. The number of carbonyl (C=O) groups excluding carboxylic acids is 1. The minimum Gasteiger partial charge on any atom is -0.365 e. The van der Waals surface area contributed by atoms with E-state index >= 15 is 0 Å². The summed E-state index contributed by atoms with van der Waals surface area (Å²) in [6.07, 6.45) is 5.54. The van der Waals surface area contributed by atoms with E-state index in [1.807, 2.05) is 6.92 Å². The standard InChI is InChI=1S/C13H26N2O2/c1-4-9-15-11-5-7-12(8-6-11)17-10(2)13(16)14-3/h10-12,15H,4-9H2,1-3H3,(H,14,16). The maximum absolute atomic E-state index is 11.3. The van der Waals surface area contributed by atoms with Gasteiger partial charge >= 0.3 is 0 Å². The summed E-state index contributed by atoms with van der Waals surface area (Å²) in [6.45, 7) is 5.11. The summed E-state index contributed by atoms with van der Waals surface area (Å²) in [5.41, 5.74) is 0. The monoisotopic (exact) mass is 242 g/mol. The summed E-state index contributed by atoms with van der Waals surface area (Å²) in [5, 5.41) is 6.16. The van der Waals surface area contributed by atoms with Crippen molar-refractivity contribution in [1.82, 2.24) is 10.6 Å². The van der Waals surface area contributed by atoms with Crippen LogP contribution >= 0.6 is 0 Å². The lowest BCUT2D eigenvalue weighted by Crippen LogP contribution is -2.39. The van der Waals surface area contributed by atoms with Crippen molar-refractivity contribution in [3.8, 4) is 0 Å². The smallest absolute Gasteiger partial charge is 0.248 e. The van der Waals surface area contributed by atoms with Gasteiger partial charge in [0.25, 0.3) is 0 Å². The molecule has 1 aliphatic rings. The van der Waals surface area contributed by atoms with Gasteiger partial charge < -0.3 is 15.4 Å². The van der Waals surface area contributed by atoms with Gasteiger partial charge in [-0.05, 0) is 45.6 Å². The van der Waals surface area contributed by atoms with E-state index in [4.69, 9.17) is 4.74 Å². The number of rotatable bonds is 6. The minimum absolute atomic E-state index is 0.0313. The molecule has 0 heterocycles. The van der Waals surface area contributed by atoms with Gasteiger partial charge in [-0.25, -0.2) is 0 Å². The average molecular weight is 242 g/mol. The van der Waals surface area contributed by atoms with E-state index < -0.39 is 0 Å². The van der Waals surface area contributed by atoms with E-state index in [9.17, 15) is 4.79 Å². The van der Waals surface area contributed by atoms with Crippen molar-refractivity contribution in [3.63, 3.8) is 0 Å². The number of ether oxygens (including phenoxy) is 1. The molecule has 0 radical (unpaired) electrons. The molecule has 0 bridgehead atoms. The van der Waals surface area contributed by atoms with E-state index in [0.29, 0.717) is 6.04 Å². The lowest BCUT2D eigenvalue weighted by molar-refractivity contribution is -0.136. The SMILES string of the molecule is CCCNC1CCC(OC(C)C(=O)NC)CC1. The van der Waals surface area contributed by atoms with E-state index in [0.717, 1.165) is 32.2 Å². The van der Waals surface area contributed by atoms with E-state index in [1.54, 1.807) is 7.05 Å². The number of nitrogens with one attached hydrogen (secondary N) is 2. The molecule has 0 aromatic carbocycles. The highest BCUT2D eigenvalue weighted by Gasteiger charge is 2.24. The molecule has 1 saturated carbocycles. The molecule has 0 spiro atoms. The first-order chi connectivity index (χ1) is 8.17. The Hall–Kier alpha value is -0.610. The van der Waals surface area contributed by atoms with Crippen LogP contribution in [0.1, 0.15) is 46.0 Å². The molecule has 17 heavy (non-hydrogen) atoms. The summed E-state index contributed by atoms with van der Waals surface area (Å²) in [4.78, 5) is 11.3. The zero-order valence-electron chi connectivity index (χ0n) is 11.3. The topological polar surface area (TPSA) is 50.4 Å². The molecule has 1 aliphatic carbocycles. The molecular formula is C13H26N2O2. The molecule has 100 valence electrons. The zero-order valence-corrected chi connectivity index (χ0v) is 11.3. The first-order valence-electron chi connectivity index (χ1n) is 6.77. The molecule has 4 nitrogen and oxygen atoms in total. The predicted octanol–water partition coefficient (Wildman–Crippen LogP) is 1.45. The summed E-state index contributed by atoms with van der Waals surface area (Å²) in [7, 11) is 1.65. The summed E-state index contributed by atoms with van der Waals surface area (Å²) in [5.74, 6) is -0.0313. The van der Waals surface area contributed by atoms with Crippen molar-refractivity contribution < 1.29 is 9.53 Å². The Labute approximate surface area is 104 Å². The van der Waals surface area contributed by atoms with Crippen molar-refractivity contribution in [3.05, 3.63) is 0 Å². The van der Waals surface area contributed by atoms with Gasteiger partial charge in [0.15, 0.2) is 0 Å². The second kappa shape index (κ2) is 7.67. The lowest BCUT2D eigenvalue weighted by atomic mass is 9.93. The van der Waals surface area contributed by atoms with Crippen LogP contribution in [-0.2, 0) is 9.53 Å². The number of carbonyl (C=O) groups is 1. The fraction of sp³-hybridized carbons (Fsp3) is 0.923. The van der Waals surface area contributed by atoms with E-state index in [1.165, 1.54) is 6.42 Å². The van der Waals surface area contributed by atoms with Crippen LogP contribution in [0.15, 0.2) is 0 Å². The molecule has 1 fully saturated rings. The summed E-state index contributed by atoms with van der Waals surface area (Å²) in [6, 6.07) is 0.644. The molecule has 1 amide bonds. The Bertz CT molecular complexity index is 225. The normalized spacial score (nSPS) is 26.5. The third-order valence-corrected chi connectivity index (χ3v) is 3.37. The maximum atomic E-state index is 11.3. The largest absolute Gasteiger partial charge is 0.365 e. The molecule has 1 atom stereocenters. The third kappa shape index (κ3) is 5.04. The van der Waals surface area contributed by atoms with Crippen LogP contribution in [-0.4, -0.2) is 37.7 Å². The number of hydrogen-bond acceptors (Lipinski definition) is 3. The molecule has 1 unspecified atom stereocenters. The molecule has 1 rings (SSSR count). The van der Waals surface area contributed by atoms with Crippen molar-refractivity contribution in [2.45, 2.75) is 64.2 Å². The fourth-order valence-corrected chi connectivity index (χ4v) is 2.31. The molecule has 2 N–H and O–H groups in total. The van der Waals surface area contributed by atoms with Gasteiger partial charge in [0.05, 0.1) is 6.10 Å². The van der Waals surface area contributed by atoms with E-state index in [2.05, 4.69) is 17.6 Å². The quantitative estimate of drug-likeness (QED) is 0.741. The third-order valence-electron chi connectivity index (χ3n) is 3.37. The molecule has 0 aliphatic heterocycles. The Morgan fingerprint density at radius 2 is 2.00 bits per heavy atom. The van der Waals surface area contributed by atoms with Crippen LogP contribution in [0.4, 0.5) is 0 Å². The Morgan fingerprint density at radius 1 is 1.35 bits per heavy atom. The molecule has 4 heteroatoms. The van der Waals surface area contributed by atoms with Gasteiger partial charge in [-0.15, -0.1) is 0 Å². The van der Waals surface area contributed by atoms with Crippen molar-refractivity contribution >= 4 is 5.91 Å². The summed E-state index contributed by atoms with van der Waals surface area (Å²) >= 11 is 0. The summed E-state index contributed by atoms with van der Waals surface area (Å²) < 4.78 is 5.76. The van der Waals surface area contributed by atoms with Gasteiger partial charge in [0.2, 0.25) is 5.91 Å². The second-order valence-electron chi connectivity index (χ2n) is 4.82. The number of amides is 1. The molecule has 0 aromatic rings. The van der Waals surface area contributed by atoms with E-state index in [-0.39, 0.29) is 18.1 Å². The van der Waals surface area contributed by atoms with Crippen LogP contribution in [0.2, 0.25) is 0 Å². The van der Waals surface area contributed by atoms with Crippen LogP contribution < -0.4 is 10.6 Å².